The number of carbonyl (C=O) groups excluding carboxylic acids is 1. The first-order chi connectivity index (χ1) is 11.7. The molecular weight excluding hydrogens is 322 g/mol. The normalized spacial score (nSPS) is 21.2. The number of benzene rings is 1. The minimum atomic E-state index is 0.0335. The van der Waals surface area contributed by atoms with Crippen LogP contribution >= 0.6 is 11.8 Å². The lowest BCUT2D eigenvalue weighted by molar-refractivity contribution is -0.131. The lowest BCUT2D eigenvalue weighted by Crippen LogP contribution is -2.30. The van der Waals surface area contributed by atoms with Crippen molar-refractivity contribution in [1.82, 2.24) is 4.90 Å². The highest BCUT2D eigenvalue weighted by Gasteiger charge is 2.33. The van der Waals surface area contributed by atoms with Gasteiger partial charge in [0.25, 0.3) is 0 Å². The number of hydrogen-bond acceptors (Lipinski definition) is 4. The second kappa shape index (κ2) is 8.15. The van der Waals surface area contributed by atoms with Crippen molar-refractivity contribution in [3.63, 3.8) is 0 Å². The van der Waals surface area contributed by atoms with Gasteiger partial charge in [-0.05, 0) is 30.5 Å². The number of ether oxygens (including phenoxy) is 2. The lowest BCUT2D eigenvalue weighted by Gasteiger charge is -2.26. The Bertz CT molecular complexity index is 572. The average molecular weight is 349 g/mol. The molecule has 1 saturated carbocycles. The molecule has 0 spiro atoms. The van der Waals surface area contributed by atoms with Gasteiger partial charge < -0.3 is 14.4 Å². The first-order valence-corrected chi connectivity index (χ1v) is 9.91. The molecule has 3 rings (SSSR count). The number of thioether (sulfide) groups is 1. The Morgan fingerprint density at radius 1 is 1.25 bits per heavy atom. The third-order valence-corrected chi connectivity index (χ3v) is 6.40. The fourth-order valence-corrected chi connectivity index (χ4v) is 5.08. The van der Waals surface area contributed by atoms with Crippen LogP contribution in [0.1, 0.15) is 49.5 Å². The van der Waals surface area contributed by atoms with Gasteiger partial charge in [-0.15, -0.1) is 11.8 Å². The van der Waals surface area contributed by atoms with Gasteiger partial charge in [-0.1, -0.05) is 25.7 Å². The van der Waals surface area contributed by atoms with Crippen LogP contribution in [0.3, 0.4) is 0 Å². The summed E-state index contributed by atoms with van der Waals surface area (Å²) >= 11 is 1.81. The van der Waals surface area contributed by atoms with Crippen molar-refractivity contribution in [1.29, 1.82) is 0 Å². The van der Waals surface area contributed by atoms with Crippen molar-refractivity contribution in [3.05, 3.63) is 23.8 Å². The maximum absolute atomic E-state index is 12.8. The van der Waals surface area contributed by atoms with Gasteiger partial charge >= 0.3 is 0 Å². The monoisotopic (exact) mass is 349 g/mol. The van der Waals surface area contributed by atoms with Crippen molar-refractivity contribution in [2.24, 2.45) is 5.92 Å². The molecule has 5 heteroatoms. The predicted octanol–water partition coefficient (Wildman–Crippen LogP) is 4.25. The Kier molecular flexibility index (Phi) is 5.93. The van der Waals surface area contributed by atoms with E-state index in [1.165, 1.54) is 25.7 Å². The zero-order valence-corrected chi connectivity index (χ0v) is 15.4. The SMILES string of the molecule is COc1ccc(OC)c(C2SCCN2C(=O)CCC2CCCC2)c1. The lowest BCUT2D eigenvalue weighted by atomic mass is 10.0. The van der Waals surface area contributed by atoms with Gasteiger partial charge in [0.05, 0.1) is 14.2 Å². The topological polar surface area (TPSA) is 38.8 Å². The Hall–Kier alpha value is -1.36. The van der Waals surface area contributed by atoms with Crippen molar-refractivity contribution in [2.75, 3.05) is 26.5 Å². The number of nitrogens with zero attached hydrogens (tertiary/aromatic N) is 1. The van der Waals surface area contributed by atoms with E-state index in [9.17, 15) is 4.79 Å². The molecule has 132 valence electrons. The van der Waals surface area contributed by atoms with Crippen LogP contribution in [0.15, 0.2) is 18.2 Å². The Morgan fingerprint density at radius 3 is 2.75 bits per heavy atom. The van der Waals surface area contributed by atoms with E-state index in [-0.39, 0.29) is 11.3 Å². The van der Waals surface area contributed by atoms with Crippen LogP contribution in [-0.2, 0) is 4.79 Å². The molecule has 2 fully saturated rings. The van der Waals surface area contributed by atoms with Gasteiger partial charge in [-0.25, -0.2) is 0 Å². The number of hydrogen-bond donors (Lipinski definition) is 0. The van der Waals surface area contributed by atoms with Gasteiger partial charge in [-0.2, -0.15) is 0 Å². The highest BCUT2D eigenvalue weighted by atomic mass is 32.2. The van der Waals surface area contributed by atoms with E-state index in [1.807, 2.05) is 34.9 Å². The highest BCUT2D eigenvalue weighted by molar-refractivity contribution is 7.99. The van der Waals surface area contributed by atoms with E-state index >= 15 is 0 Å². The van der Waals surface area contributed by atoms with Crippen LogP contribution in [-0.4, -0.2) is 37.3 Å². The number of methoxy groups -OCH3 is 2. The molecule has 1 aromatic carbocycles. The largest absolute Gasteiger partial charge is 0.497 e. The third kappa shape index (κ3) is 3.82. The molecule has 2 aliphatic rings. The number of carbonyl (C=O) groups is 1. The van der Waals surface area contributed by atoms with Gasteiger partial charge in [-0.3, -0.25) is 4.79 Å². The second-order valence-electron chi connectivity index (χ2n) is 6.61. The first-order valence-electron chi connectivity index (χ1n) is 8.86. The van der Waals surface area contributed by atoms with Crippen LogP contribution in [0.25, 0.3) is 0 Å². The Balaban J connectivity index is 1.71. The van der Waals surface area contributed by atoms with E-state index in [0.29, 0.717) is 6.42 Å². The molecule has 4 nitrogen and oxygen atoms in total. The minimum Gasteiger partial charge on any atom is -0.497 e. The van der Waals surface area contributed by atoms with Crippen molar-refractivity contribution in [2.45, 2.75) is 43.9 Å². The first kappa shape index (κ1) is 17.5. The predicted molar refractivity (Wildman–Crippen MR) is 97.7 cm³/mol. The summed E-state index contributed by atoms with van der Waals surface area (Å²) in [6.45, 7) is 0.819. The molecule has 24 heavy (non-hydrogen) atoms. The second-order valence-corrected chi connectivity index (χ2v) is 7.80. The molecule has 1 saturated heterocycles. The summed E-state index contributed by atoms with van der Waals surface area (Å²) in [5, 5.41) is 0.0335. The zero-order valence-electron chi connectivity index (χ0n) is 14.6. The van der Waals surface area contributed by atoms with E-state index < -0.39 is 0 Å². The van der Waals surface area contributed by atoms with Crippen molar-refractivity contribution < 1.29 is 14.3 Å². The fourth-order valence-electron chi connectivity index (χ4n) is 3.79. The van der Waals surface area contributed by atoms with E-state index in [1.54, 1.807) is 14.2 Å². The summed E-state index contributed by atoms with van der Waals surface area (Å²) in [6, 6.07) is 5.82. The van der Waals surface area contributed by atoms with E-state index in [0.717, 1.165) is 41.7 Å². The standard InChI is InChI=1S/C19H27NO3S/c1-22-15-8-9-17(23-2)16(13-15)19-20(11-12-24-19)18(21)10-7-14-5-3-4-6-14/h8-9,13-14,19H,3-7,10-12H2,1-2H3. The van der Waals surface area contributed by atoms with Crippen molar-refractivity contribution in [3.8, 4) is 11.5 Å². The minimum absolute atomic E-state index is 0.0335. The maximum atomic E-state index is 12.8. The molecule has 1 aliphatic heterocycles. The summed E-state index contributed by atoms with van der Waals surface area (Å²) in [6.07, 6.45) is 6.99. The number of amides is 1. The maximum Gasteiger partial charge on any atom is 0.223 e. The Morgan fingerprint density at radius 2 is 2.04 bits per heavy atom. The number of rotatable bonds is 6. The molecule has 0 N–H and O–H groups in total. The molecule has 1 amide bonds. The van der Waals surface area contributed by atoms with Crippen LogP contribution in [0.2, 0.25) is 0 Å². The smallest absolute Gasteiger partial charge is 0.223 e. The van der Waals surface area contributed by atoms with Crippen LogP contribution in [0.5, 0.6) is 11.5 Å². The van der Waals surface area contributed by atoms with Crippen LogP contribution in [0.4, 0.5) is 0 Å². The molecule has 0 bridgehead atoms. The average Bonchev–Trinajstić information content (AvgIpc) is 3.30. The molecule has 1 atom stereocenters. The Labute approximate surface area is 148 Å². The van der Waals surface area contributed by atoms with Crippen molar-refractivity contribution >= 4 is 17.7 Å². The summed E-state index contributed by atoms with van der Waals surface area (Å²) < 4.78 is 10.9. The highest BCUT2D eigenvalue weighted by Crippen LogP contribution is 2.43. The quantitative estimate of drug-likeness (QED) is 0.770. The molecule has 1 aromatic rings. The van der Waals surface area contributed by atoms with E-state index in [4.69, 9.17) is 9.47 Å². The van der Waals surface area contributed by atoms with Crippen LogP contribution < -0.4 is 9.47 Å². The molecule has 0 radical (unpaired) electrons. The van der Waals surface area contributed by atoms with E-state index in [2.05, 4.69) is 0 Å². The zero-order chi connectivity index (χ0) is 16.9. The summed E-state index contributed by atoms with van der Waals surface area (Å²) in [5.41, 5.74) is 1.04. The molecule has 1 aliphatic carbocycles. The molecule has 1 heterocycles. The van der Waals surface area contributed by atoms with Gasteiger partial charge in [0, 0.05) is 24.3 Å². The van der Waals surface area contributed by atoms with Crippen LogP contribution in [0, 0.1) is 5.92 Å². The summed E-state index contributed by atoms with van der Waals surface area (Å²) in [5.74, 6) is 3.64. The molecule has 0 aromatic heterocycles. The third-order valence-electron chi connectivity index (χ3n) is 5.16. The van der Waals surface area contributed by atoms with Gasteiger partial charge in [0.1, 0.15) is 16.9 Å². The summed E-state index contributed by atoms with van der Waals surface area (Å²) in [7, 11) is 3.34. The molecular formula is C19H27NO3S. The van der Waals surface area contributed by atoms with Gasteiger partial charge in [0.15, 0.2) is 0 Å². The summed E-state index contributed by atoms with van der Waals surface area (Å²) in [4.78, 5) is 14.8. The fraction of sp³-hybridized carbons (Fsp3) is 0.632. The molecule has 1 unspecified atom stereocenters. The van der Waals surface area contributed by atoms with Gasteiger partial charge in [0.2, 0.25) is 5.91 Å².